The van der Waals surface area contributed by atoms with Crippen molar-refractivity contribution in [1.82, 2.24) is 15.1 Å². The van der Waals surface area contributed by atoms with Crippen molar-refractivity contribution in [2.75, 3.05) is 0 Å². The van der Waals surface area contributed by atoms with Crippen LogP contribution in [0.3, 0.4) is 0 Å². The number of aromatic nitrogens is 2. The maximum absolute atomic E-state index is 13.1. The second kappa shape index (κ2) is 8.78. The molecular weight excluding hydrogens is 424 g/mol. The van der Waals surface area contributed by atoms with Crippen molar-refractivity contribution in [2.24, 2.45) is 5.14 Å². The molecule has 0 aliphatic rings. The Morgan fingerprint density at radius 1 is 1.00 bits per heavy atom. The highest BCUT2D eigenvalue weighted by Gasteiger charge is 2.19. The van der Waals surface area contributed by atoms with Crippen molar-refractivity contribution in [3.05, 3.63) is 102 Å². The fraction of sp³-hybridized carbons (Fsp3) is 0.0833. The summed E-state index contributed by atoms with van der Waals surface area (Å²) in [5.41, 5.74) is 4.38. The van der Waals surface area contributed by atoms with E-state index in [1.807, 2.05) is 61.5 Å². The summed E-state index contributed by atoms with van der Waals surface area (Å²) in [4.78, 5) is 13.1. The molecule has 4 aromatic rings. The van der Waals surface area contributed by atoms with Crippen LogP contribution in [-0.2, 0) is 16.6 Å². The third-order valence-electron chi connectivity index (χ3n) is 4.98. The monoisotopic (exact) mass is 446 g/mol. The Kier molecular flexibility index (Phi) is 5.89. The van der Waals surface area contributed by atoms with Gasteiger partial charge in [-0.2, -0.15) is 5.10 Å². The molecule has 0 saturated carbocycles. The van der Waals surface area contributed by atoms with E-state index in [4.69, 9.17) is 5.14 Å². The third kappa shape index (κ3) is 4.77. The SMILES string of the molecule is Cc1ccc(-n2cc(C(=O)NCc3cccc(S(N)(=O)=O)c3)c(-c3ccccc3)n2)cc1. The molecule has 162 valence electrons. The first-order valence-corrected chi connectivity index (χ1v) is 11.5. The molecule has 0 atom stereocenters. The molecule has 3 N–H and O–H groups in total. The predicted molar refractivity (Wildman–Crippen MR) is 123 cm³/mol. The molecule has 0 spiro atoms. The molecule has 0 radical (unpaired) electrons. The Morgan fingerprint density at radius 3 is 2.41 bits per heavy atom. The number of carbonyl (C=O) groups is 1. The van der Waals surface area contributed by atoms with Gasteiger partial charge in [0.15, 0.2) is 0 Å². The molecule has 1 amide bonds. The zero-order chi connectivity index (χ0) is 22.7. The van der Waals surface area contributed by atoms with E-state index in [0.29, 0.717) is 16.8 Å². The van der Waals surface area contributed by atoms with E-state index in [-0.39, 0.29) is 17.3 Å². The zero-order valence-corrected chi connectivity index (χ0v) is 18.2. The number of amides is 1. The Bertz CT molecular complexity index is 1360. The van der Waals surface area contributed by atoms with Crippen LogP contribution >= 0.6 is 0 Å². The number of aryl methyl sites for hydroxylation is 1. The Balaban J connectivity index is 1.64. The molecule has 0 fully saturated rings. The van der Waals surface area contributed by atoms with Crippen LogP contribution < -0.4 is 10.5 Å². The quantitative estimate of drug-likeness (QED) is 0.473. The molecule has 0 aliphatic heterocycles. The van der Waals surface area contributed by atoms with E-state index in [9.17, 15) is 13.2 Å². The average Bonchev–Trinajstić information content (AvgIpc) is 3.24. The Morgan fingerprint density at radius 2 is 1.72 bits per heavy atom. The van der Waals surface area contributed by atoms with Crippen molar-refractivity contribution in [1.29, 1.82) is 0 Å². The molecule has 1 heterocycles. The highest BCUT2D eigenvalue weighted by molar-refractivity contribution is 7.89. The van der Waals surface area contributed by atoms with Gasteiger partial charge >= 0.3 is 0 Å². The summed E-state index contributed by atoms with van der Waals surface area (Å²) in [6.07, 6.45) is 1.70. The topological polar surface area (TPSA) is 107 Å². The van der Waals surface area contributed by atoms with Crippen LogP contribution in [0.5, 0.6) is 0 Å². The number of nitrogens with one attached hydrogen (secondary N) is 1. The van der Waals surface area contributed by atoms with Crippen molar-refractivity contribution >= 4 is 15.9 Å². The van der Waals surface area contributed by atoms with E-state index in [2.05, 4.69) is 10.4 Å². The second-order valence-corrected chi connectivity index (χ2v) is 8.97. The number of hydrogen-bond donors (Lipinski definition) is 2. The van der Waals surface area contributed by atoms with Crippen LogP contribution in [0.1, 0.15) is 21.5 Å². The maximum atomic E-state index is 13.1. The molecule has 8 heteroatoms. The molecule has 0 unspecified atom stereocenters. The lowest BCUT2D eigenvalue weighted by molar-refractivity contribution is 0.0951. The molecule has 0 bridgehead atoms. The van der Waals surface area contributed by atoms with Crippen LogP contribution in [0, 0.1) is 6.92 Å². The minimum atomic E-state index is -3.82. The number of nitrogens with two attached hydrogens (primary N) is 1. The number of benzene rings is 3. The summed E-state index contributed by atoms with van der Waals surface area (Å²) in [6, 6.07) is 23.5. The average molecular weight is 447 g/mol. The lowest BCUT2D eigenvalue weighted by atomic mass is 10.1. The van der Waals surface area contributed by atoms with Gasteiger partial charge < -0.3 is 5.32 Å². The van der Waals surface area contributed by atoms with E-state index in [0.717, 1.165) is 16.8 Å². The summed E-state index contributed by atoms with van der Waals surface area (Å²) in [5.74, 6) is -0.316. The molecule has 4 rings (SSSR count). The minimum Gasteiger partial charge on any atom is -0.348 e. The molecule has 7 nitrogen and oxygen atoms in total. The standard InChI is InChI=1S/C24H22N4O3S/c1-17-10-12-20(13-11-17)28-16-22(23(27-28)19-7-3-2-4-8-19)24(29)26-15-18-6-5-9-21(14-18)32(25,30)31/h2-14,16H,15H2,1H3,(H,26,29)(H2,25,30,31). The van der Waals surface area contributed by atoms with Gasteiger partial charge in [-0.25, -0.2) is 18.2 Å². The lowest BCUT2D eigenvalue weighted by Gasteiger charge is -2.07. The van der Waals surface area contributed by atoms with Gasteiger partial charge in [0, 0.05) is 18.3 Å². The van der Waals surface area contributed by atoms with Crippen molar-refractivity contribution in [3.63, 3.8) is 0 Å². The zero-order valence-electron chi connectivity index (χ0n) is 17.4. The Hall–Kier alpha value is -3.75. The normalized spacial score (nSPS) is 11.3. The van der Waals surface area contributed by atoms with Gasteiger partial charge in [0.1, 0.15) is 5.69 Å². The number of hydrogen-bond acceptors (Lipinski definition) is 4. The molecular formula is C24H22N4O3S. The van der Waals surface area contributed by atoms with Crippen LogP contribution in [0.15, 0.2) is 90.0 Å². The minimum absolute atomic E-state index is 0.00131. The summed E-state index contributed by atoms with van der Waals surface area (Å²) in [6.45, 7) is 2.15. The van der Waals surface area contributed by atoms with Gasteiger partial charge in [-0.05, 0) is 36.8 Å². The van der Waals surface area contributed by atoms with Crippen LogP contribution in [-0.4, -0.2) is 24.1 Å². The summed E-state index contributed by atoms with van der Waals surface area (Å²) in [5, 5.41) is 12.7. The molecule has 32 heavy (non-hydrogen) atoms. The number of sulfonamides is 1. The number of nitrogens with zero attached hydrogens (tertiary/aromatic N) is 2. The highest BCUT2D eigenvalue weighted by atomic mass is 32.2. The molecule has 3 aromatic carbocycles. The van der Waals surface area contributed by atoms with Gasteiger partial charge in [-0.1, -0.05) is 60.2 Å². The van der Waals surface area contributed by atoms with Gasteiger partial charge in [0.2, 0.25) is 10.0 Å². The van der Waals surface area contributed by atoms with Crippen molar-refractivity contribution < 1.29 is 13.2 Å². The van der Waals surface area contributed by atoms with Gasteiger partial charge in [-0.15, -0.1) is 0 Å². The van der Waals surface area contributed by atoms with E-state index < -0.39 is 10.0 Å². The summed E-state index contributed by atoms with van der Waals surface area (Å²) < 4.78 is 24.8. The van der Waals surface area contributed by atoms with Crippen LogP contribution in [0.25, 0.3) is 16.9 Å². The first-order chi connectivity index (χ1) is 15.3. The Labute approximate surface area is 186 Å². The van der Waals surface area contributed by atoms with E-state index in [1.165, 1.54) is 12.1 Å². The van der Waals surface area contributed by atoms with Gasteiger partial charge in [0.05, 0.1) is 16.1 Å². The first kappa shape index (κ1) is 21.5. The number of carbonyl (C=O) groups excluding carboxylic acids is 1. The molecule has 0 saturated heterocycles. The highest BCUT2D eigenvalue weighted by Crippen LogP contribution is 2.24. The number of rotatable bonds is 6. The van der Waals surface area contributed by atoms with Crippen LogP contribution in [0.2, 0.25) is 0 Å². The maximum Gasteiger partial charge on any atom is 0.255 e. The molecule has 1 aromatic heterocycles. The fourth-order valence-corrected chi connectivity index (χ4v) is 3.87. The van der Waals surface area contributed by atoms with Crippen molar-refractivity contribution in [2.45, 2.75) is 18.4 Å². The third-order valence-corrected chi connectivity index (χ3v) is 5.90. The van der Waals surface area contributed by atoms with Crippen molar-refractivity contribution in [3.8, 4) is 16.9 Å². The molecule has 0 aliphatic carbocycles. The first-order valence-electron chi connectivity index (χ1n) is 9.93. The predicted octanol–water partition coefficient (Wildman–Crippen LogP) is 3.43. The van der Waals surface area contributed by atoms with Gasteiger partial charge in [0.25, 0.3) is 5.91 Å². The van der Waals surface area contributed by atoms with Crippen LogP contribution in [0.4, 0.5) is 0 Å². The van der Waals surface area contributed by atoms with Gasteiger partial charge in [-0.3, -0.25) is 4.79 Å². The lowest BCUT2D eigenvalue weighted by Crippen LogP contribution is -2.23. The summed E-state index contributed by atoms with van der Waals surface area (Å²) >= 11 is 0. The summed E-state index contributed by atoms with van der Waals surface area (Å²) in [7, 11) is -3.82. The number of primary sulfonamides is 1. The largest absolute Gasteiger partial charge is 0.348 e. The fourth-order valence-electron chi connectivity index (χ4n) is 3.29. The van der Waals surface area contributed by atoms with E-state index >= 15 is 0 Å². The smallest absolute Gasteiger partial charge is 0.255 e. The second-order valence-electron chi connectivity index (χ2n) is 7.41. The van der Waals surface area contributed by atoms with E-state index in [1.54, 1.807) is 23.0 Å².